The Morgan fingerprint density at radius 2 is 1.71 bits per heavy atom. The first-order chi connectivity index (χ1) is 19.5. The molecule has 218 valence electrons. The Labute approximate surface area is 234 Å². The summed E-state index contributed by atoms with van der Waals surface area (Å²) < 4.78 is 10.2. The minimum atomic E-state index is -1.41. The Kier molecular flexibility index (Phi) is 9.98. The zero-order valence-electron chi connectivity index (χ0n) is 22.6. The summed E-state index contributed by atoms with van der Waals surface area (Å²) in [6, 6.07) is 6.05. The number of phenols is 1. The number of ketones is 1. The van der Waals surface area contributed by atoms with Crippen molar-refractivity contribution in [3.63, 3.8) is 0 Å². The van der Waals surface area contributed by atoms with Gasteiger partial charge in [0.25, 0.3) is 17.7 Å². The number of aliphatic hydroxyl groups excluding tert-OH is 1. The number of methoxy groups -OCH3 is 2. The predicted octanol–water partition coefficient (Wildman–Crippen LogP) is -0.457. The molecule has 1 aliphatic rings. The number of anilines is 2. The van der Waals surface area contributed by atoms with Crippen molar-refractivity contribution in [2.24, 2.45) is 0 Å². The fourth-order valence-electron chi connectivity index (χ4n) is 4.28. The van der Waals surface area contributed by atoms with Crippen molar-refractivity contribution in [1.82, 2.24) is 10.6 Å². The lowest BCUT2D eigenvalue weighted by molar-refractivity contribution is -0.127. The molecular weight excluding hydrogens is 540 g/mol. The quantitative estimate of drug-likeness (QED) is 0.257. The molecule has 1 aliphatic heterocycles. The maximum Gasteiger partial charge on any atom is 0.252 e. The van der Waals surface area contributed by atoms with E-state index in [2.05, 4.69) is 10.6 Å². The van der Waals surface area contributed by atoms with Crippen LogP contribution in [-0.2, 0) is 24.0 Å². The summed E-state index contributed by atoms with van der Waals surface area (Å²) in [7, 11) is 2.55. The molecule has 0 spiro atoms. The summed E-state index contributed by atoms with van der Waals surface area (Å²) in [5, 5.41) is 24.7. The number of fused-ring (bicyclic) bond motifs is 1. The van der Waals surface area contributed by atoms with Crippen LogP contribution in [0.1, 0.15) is 23.7 Å². The van der Waals surface area contributed by atoms with Crippen LogP contribution in [0.2, 0.25) is 0 Å². The largest absolute Gasteiger partial charge is 0.502 e. The molecule has 14 heteroatoms. The van der Waals surface area contributed by atoms with Gasteiger partial charge in [-0.05, 0) is 31.2 Å². The number of benzene rings is 2. The van der Waals surface area contributed by atoms with E-state index in [-0.39, 0.29) is 46.4 Å². The molecule has 1 heterocycles. The van der Waals surface area contributed by atoms with Crippen LogP contribution in [0.5, 0.6) is 17.2 Å². The third-order valence-corrected chi connectivity index (χ3v) is 6.20. The number of Topliss-reactive ketones (excluding diaryl/α,β-unsaturated/α-hetero) is 1. The number of hydrogen-bond acceptors (Lipinski definition) is 10. The Hall–Kier alpha value is -4.98. The molecule has 0 aliphatic carbocycles. The van der Waals surface area contributed by atoms with E-state index in [1.54, 1.807) is 12.1 Å². The monoisotopic (exact) mass is 570 g/mol. The van der Waals surface area contributed by atoms with Gasteiger partial charge in [0.05, 0.1) is 38.2 Å². The van der Waals surface area contributed by atoms with Crippen molar-refractivity contribution < 1.29 is 48.5 Å². The molecule has 2 aromatic rings. The maximum absolute atomic E-state index is 13.8. The normalized spacial score (nSPS) is 15.2. The molecule has 0 saturated heterocycles. The number of aldehydes is 1. The van der Waals surface area contributed by atoms with Crippen LogP contribution in [0.25, 0.3) is 0 Å². The van der Waals surface area contributed by atoms with E-state index in [4.69, 9.17) is 9.47 Å². The number of rotatable bonds is 11. The van der Waals surface area contributed by atoms with Crippen molar-refractivity contribution in [1.29, 1.82) is 0 Å². The molecule has 4 amide bonds. The molecule has 0 saturated carbocycles. The lowest BCUT2D eigenvalue weighted by atomic mass is 10.1. The molecule has 14 nitrogen and oxygen atoms in total. The molecular formula is C27H30N4O10. The fraction of sp³-hybridized carbons (Fsp3) is 0.333. The van der Waals surface area contributed by atoms with Crippen LogP contribution >= 0.6 is 0 Å². The second-order valence-electron chi connectivity index (χ2n) is 9.05. The molecule has 0 radical (unpaired) electrons. The second kappa shape index (κ2) is 13.4. The van der Waals surface area contributed by atoms with Crippen molar-refractivity contribution in [3.05, 3.63) is 42.0 Å². The number of para-hydroxylation sites is 2. The molecule has 0 aromatic heterocycles. The van der Waals surface area contributed by atoms with Crippen LogP contribution in [0.15, 0.2) is 36.4 Å². The second-order valence-corrected chi connectivity index (χ2v) is 9.05. The van der Waals surface area contributed by atoms with Crippen LogP contribution in [0.4, 0.5) is 11.4 Å². The highest BCUT2D eigenvalue weighted by Crippen LogP contribution is 2.37. The van der Waals surface area contributed by atoms with Gasteiger partial charge in [-0.15, -0.1) is 0 Å². The first-order valence-corrected chi connectivity index (χ1v) is 12.4. The number of nitrogens with one attached hydrogen (secondary N) is 2. The van der Waals surface area contributed by atoms with Crippen LogP contribution < -0.4 is 29.9 Å². The van der Waals surface area contributed by atoms with E-state index in [1.165, 1.54) is 45.4 Å². The number of hydrogen-bond donors (Lipinski definition) is 4. The summed E-state index contributed by atoms with van der Waals surface area (Å²) in [6.45, 7) is -0.655. The van der Waals surface area contributed by atoms with Gasteiger partial charge in [-0.25, -0.2) is 0 Å². The standard InChI is InChI=1S/C27H30N4O10/c1-15(34)8-17(13-32)28-23(35)12-31-20-7-5-4-6-19(20)30(24(36)14-33)11-18(27(31)39)29-26(38)16-9-21(40-2)25(37)22(10-16)41-3/h4-7,9-10,13,17-18,33,37H,8,11-12,14H2,1-3H3,(H,28,35)(H,29,38)/t17-,18-/m0/s1. The van der Waals surface area contributed by atoms with Gasteiger partial charge < -0.3 is 40.0 Å². The number of ether oxygens (including phenoxy) is 2. The maximum atomic E-state index is 13.8. The van der Waals surface area contributed by atoms with Crippen molar-refractivity contribution >= 4 is 47.1 Å². The Bertz CT molecular complexity index is 1340. The van der Waals surface area contributed by atoms with E-state index in [1.807, 2.05) is 0 Å². The molecule has 0 unspecified atom stereocenters. The highest BCUT2D eigenvalue weighted by molar-refractivity contribution is 6.11. The van der Waals surface area contributed by atoms with Gasteiger partial charge in [0.2, 0.25) is 11.7 Å². The summed E-state index contributed by atoms with van der Waals surface area (Å²) in [5.41, 5.74) is 0.273. The van der Waals surface area contributed by atoms with Crippen molar-refractivity contribution in [2.75, 3.05) is 43.7 Å². The lowest BCUT2D eigenvalue weighted by Crippen LogP contribution is -2.55. The van der Waals surface area contributed by atoms with Gasteiger partial charge >= 0.3 is 0 Å². The highest BCUT2D eigenvalue weighted by atomic mass is 16.5. The van der Waals surface area contributed by atoms with E-state index in [0.717, 1.165) is 9.80 Å². The SMILES string of the molecule is COc1cc(C(=O)N[C@H]2CN(C(=O)CO)c3ccccc3N(CC(=O)N[C@H](C=O)CC(C)=O)C2=O)cc(OC)c1O. The lowest BCUT2D eigenvalue weighted by Gasteiger charge is -2.25. The summed E-state index contributed by atoms with van der Waals surface area (Å²) >= 11 is 0. The number of aromatic hydroxyl groups is 1. The van der Waals surface area contributed by atoms with Gasteiger partial charge in [-0.3, -0.25) is 28.9 Å². The number of amides is 4. The minimum absolute atomic E-state index is 0.0477. The van der Waals surface area contributed by atoms with Crippen LogP contribution in [-0.4, -0.2) is 91.9 Å². The fourth-order valence-corrected chi connectivity index (χ4v) is 4.28. The smallest absolute Gasteiger partial charge is 0.252 e. The average Bonchev–Trinajstić information content (AvgIpc) is 3.06. The van der Waals surface area contributed by atoms with E-state index in [0.29, 0.717) is 6.29 Å². The predicted molar refractivity (Wildman–Crippen MR) is 144 cm³/mol. The van der Waals surface area contributed by atoms with Gasteiger partial charge in [-0.1, -0.05) is 12.1 Å². The average molecular weight is 571 g/mol. The van der Waals surface area contributed by atoms with Gasteiger partial charge in [-0.2, -0.15) is 0 Å². The van der Waals surface area contributed by atoms with Crippen molar-refractivity contribution in [3.8, 4) is 17.2 Å². The van der Waals surface area contributed by atoms with Crippen LogP contribution in [0.3, 0.4) is 0 Å². The molecule has 2 aromatic carbocycles. The molecule has 41 heavy (non-hydrogen) atoms. The third kappa shape index (κ3) is 6.97. The Morgan fingerprint density at radius 3 is 2.24 bits per heavy atom. The first-order valence-electron chi connectivity index (χ1n) is 12.4. The molecule has 3 rings (SSSR count). The van der Waals surface area contributed by atoms with Gasteiger partial charge in [0, 0.05) is 12.0 Å². The number of carbonyl (C=O) groups is 6. The summed E-state index contributed by atoms with van der Waals surface area (Å²) in [4.78, 5) is 77.7. The number of phenolic OH excluding ortho intramolecular Hbond substituents is 1. The Balaban J connectivity index is 2.00. The van der Waals surface area contributed by atoms with E-state index >= 15 is 0 Å². The zero-order chi connectivity index (χ0) is 30.3. The van der Waals surface area contributed by atoms with Crippen molar-refractivity contribution in [2.45, 2.75) is 25.4 Å². The summed E-state index contributed by atoms with van der Waals surface area (Å²) in [5.74, 6) is -3.93. The molecule has 2 atom stereocenters. The summed E-state index contributed by atoms with van der Waals surface area (Å²) in [6.07, 6.45) is 0.166. The first kappa shape index (κ1) is 30.6. The highest BCUT2D eigenvalue weighted by Gasteiger charge is 2.38. The number of nitrogens with zero attached hydrogens (tertiary/aromatic N) is 2. The zero-order valence-corrected chi connectivity index (χ0v) is 22.6. The molecule has 0 fully saturated rings. The number of aliphatic hydroxyl groups is 1. The Morgan fingerprint density at radius 1 is 1.10 bits per heavy atom. The van der Waals surface area contributed by atoms with E-state index < -0.39 is 55.4 Å². The number of carbonyl (C=O) groups excluding carboxylic acids is 6. The van der Waals surface area contributed by atoms with E-state index in [9.17, 15) is 39.0 Å². The molecule has 0 bridgehead atoms. The molecule has 4 N–H and O–H groups in total. The minimum Gasteiger partial charge on any atom is -0.502 e. The third-order valence-electron chi connectivity index (χ3n) is 6.20. The van der Waals surface area contributed by atoms with Crippen LogP contribution in [0, 0.1) is 0 Å². The van der Waals surface area contributed by atoms with Gasteiger partial charge in [0.1, 0.15) is 31.3 Å². The van der Waals surface area contributed by atoms with Gasteiger partial charge in [0.15, 0.2) is 11.5 Å². The topological polar surface area (TPSA) is 192 Å².